The van der Waals surface area contributed by atoms with E-state index in [1.165, 1.54) is 43.4 Å². The third kappa shape index (κ3) is 2.81. The van der Waals surface area contributed by atoms with Crippen LogP contribution in [0, 0.1) is 23.7 Å². The zero-order valence-corrected chi connectivity index (χ0v) is 13.0. The Hall–Kier alpha value is -1.64. The van der Waals surface area contributed by atoms with Crippen LogP contribution < -0.4 is 5.43 Å². The molecule has 0 atom stereocenters. The summed E-state index contributed by atoms with van der Waals surface area (Å²) in [4.78, 5) is 12.0. The minimum Gasteiger partial charge on any atom is -0.273 e. The maximum Gasteiger partial charge on any atom is 0.240 e. The lowest BCUT2D eigenvalue weighted by molar-refractivity contribution is -0.121. The first-order chi connectivity index (χ1) is 10.8. The molecule has 0 aromatic heterocycles. The van der Waals surface area contributed by atoms with Gasteiger partial charge in [0, 0.05) is 12.1 Å². The van der Waals surface area contributed by atoms with Crippen molar-refractivity contribution in [3.8, 4) is 0 Å². The van der Waals surface area contributed by atoms with Gasteiger partial charge in [-0.05, 0) is 67.8 Å². The minimum absolute atomic E-state index is 0.0464. The number of carbonyl (C=O) groups excluding carboxylic acids is 1. The predicted octanol–water partition coefficient (Wildman–Crippen LogP) is 3.55. The van der Waals surface area contributed by atoms with E-state index in [0.717, 1.165) is 18.3 Å². The molecule has 116 valence electrons. The van der Waals surface area contributed by atoms with Crippen molar-refractivity contribution in [2.24, 2.45) is 28.8 Å². The summed E-state index contributed by atoms with van der Waals surface area (Å²) in [6.07, 6.45) is 7.99. The Labute approximate surface area is 132 Å². The maximum absolute atomic E-state index is 12.0. The molecule has 0 saturated heterocycles. The molecule has 0 aliphatic heterocycles. The lowest BCUT2D eigenvalue weighted by Crippen LogP contribution is -2.46. The van der Waals surface area contributed by atoms with Crippen LogP contribution in [0.5, 0.6) is 0 Å². The molecular formula is C19H24N2O. The molecule has 4 fully saturated rings. The predicted molar refractivity (Wildman–Crippen MR) is 87.4 cm³/mol. The molecule has 3 heteroatoms. The van der Waals surface area contributed by atoms with Crippen LogP contribution in [0.25, 0.3) is 0 Å². The molecule has 4 aliphatic rings. The van der Waals surface area contributed by atoms with Crippen molar-refractivity contribution in [3.05, 3.63) is 35.9 Å². The van der Waals surface area contributed by atoms with E-state index in [4.69, 9.17) is 0 Å². The second-order valence-electron chi connectivity index (χ2n) is 7.36. The fourth-order valence-electron chi connectivity index (χ4n) is 4.93. The Balaban J connectivity index is 1.33. The van der Waals surface area contributed by atoms with Crippen molar-refractivity contribution in [1.29, 1.82) is 0 Å². The molecule has 1 amide bonds. The van der Waals surface area contributed by atoms with Gasteiger partial charge in [-0.15, -0.1) is 0 Å². The highest BCUT2D eigenvalue weighted by Crippen LogP contribution is 2.52. The van der Waals surface area contributed by atoms with Gasteiger partial charge >= 0.3 is 0 Å². The number of carbonyl (C=O) groups is 1. The minimum atomic E-state index is 0.0464. The molecule has 1 aromatic rings. The number of hydrogen-bond donors (Lipinski definition) is 1. The molecule has 1 aromatic carbocycles. The van der Waals surface area contributed by atoms with Crippen molar-refractivity contribution in [3.63, 3.8) is 0 Å². The molecule has 4 aliphatic carbocycles. The lowest BCUT2D eigenvalue weighted by atomic mass is 9.55. The summed E-state index contributed by atoms with van der Waals surface area (Å²) < 4.78 is 0. The molecule has 0 radical (unpaired) electrons. The third-order valence-electron chi connectivity index (χ3n) is 5.77. The van der Waals surface area contributed by atoms with Gasteiger partial charge in [-0.2, -0.15) is 5.10 Å². The van der Waals surface area contributed by atoms with Crippen LogP contribution in [0.2, 0.25) is 0 Å². The number of rotatable bonds is 4. The molecule has 0 heterocycles. The van der Waals surface area contributed by atoms with Gasteiger partial charge in [-0.25, -0.2) is 5.43 Å². The largest absolute Gasteiger partial charge is 0.273 e. The molecule has 0 spiro atoms. The van der Waals surface area contributed by atoms with Crippen molar-refractivity contribution >= 4 is 11.6 Å². The van der Waals surface area contributed by atoms with Gasteiger partial charge in [0.15, 0.2) is 0 Å². The van der Waals surface area contributed by atoms with E-state index in [9.17, 15) is 4.79 Å². The molecule has 1 N–H and O–H groups in total. The van der Waals surface area contributed by atoms with E-state index in [0.29, 0.717) is 18.3 Å². The number of benzene rings is 1. The second kappa shape index (κ2) is 5.86. The summed E-state index contributed by atoms with van der Waals surface area (Å²) in [6.45, 7) is 0. The molecule has 0 unspecified atom stereocenters. The summed E-state index contributed by atoms with van der Waals surface area (Å²) >= 11 is 0. The SMILES string of the molecule is O=C(CCc1ccccc1)NN=C1C2CC3CC(C2)CC1C3. The summed E-state index contributed by atoms with van der Waals surface area (Å²) in [5.74, 6) is 3.24. The molecule has 3 nitrogen and oxygen atoms in total. The van der Waals surface area contributed by atoms with E-state index in [1.807, 2.05) is 18.2 Å². The number of nitrogens with zero attached hydrogens (tertiary/aromatic N) is 1. The van der Waals surface area contributed by atoms with E-state index < -0.39 is 0 Å². The Bertz CT molecular complexity index is 548. The fraction of sp³-hybridized carbons (Fsp3) is 0.579. The van der Waals surface area contributed by atoms with E-state index in [1.54, 1.807) is 0 Å². The van der Waals surface area contributed by atoms with Gasteiger partial charge in [0.2, 0.25) is 5.91 Å². The van der Waals surface area contributed by atoms with Gasteiger partial charge in [0.05, 0.1) is 0 Å². The molecule has 4 saturated carbocycles. The third-order valence-corrected chi connectivity index (χ3v) is 5.77. The Morgan fingerprint density at radius 2 is 1.64 bits per heavy atom. The van der Waals surface area contributed by atoms with Gasteiger partial charge in [-0.3, -0.25) is 4.79 Å². The number of aryl methyl sites for hydroxylation is 1. The van der Waals surface area contributed by atoms with Crippen LogP contribution in [-0.2, 0) is 11.2 Å². The number of nitrogens with one attached hydrogen (secondary N) is 1. The van der Waals surface area contributed by atoms with Crippen LogP contribution >= 0.6 is 0 Å². The van der Waals surface area contributed by atoms with E-state index in [-0.39, 0.29) is 5.91 Å². The zero-order valence-electron chi connectivity index (χ0n) is 13.0. The number of amides is 1. The average molecular weight is 296 g/mol. The zero-order chi connectivity index (χ0) is 14.9. The fourth-order valence-corrected chi connectivity index (χ4v) is 4.93. The highest BCUT2D eigenvalue weighted by Gasteiger charge is 2.46. The first kappa shape index (κ1) is 14.0. The van der Waals surface area contributed by atoms with Gasteiger partial charge < -0.3 is 0 Å². The topological polar surface area (TPSA) is 41.5 Å². The van der Waals surface area contributed by atoms with Crippen LogP contribution in [0.4, 0.5) is 0 Å². The standard InChI is InChI=1S/C19H24N2O/c22-18(7-6-13-4-2-1-3-5-13)20-21-19-16-9-14-8-15(11-16)12-17(19)10-14/h1-5,14-17H,6-12H2,(H,20,22). The van der Waals surface area contributed by atoms with Gasteiger partial charge in [0.1, 0.15) is 0 Å². The van der Waals surface area contributed by atoms with Gasteiger partial charge in [-0.1, -0.05) is 30.3 Å². The number of hydrazone groups is 1. The Kier molecular flexibility index (Phi) is 3.73. The Morgan fingerprint density at radius 3 is 2.27 bits per heavy atom. The van der Waals surface area contributed by atoms with Crippen LogP contribution in [0.15, 0.2) is 35.4 Å². The van der Waals surface area contributed by atoms with Crippen LogP contribution in [-0.4, -0.2) is 11.6 Å². The highest BCUT2D eigenvalue weighted by atomic mass is 16.2. The number of hydrogen-bond acceptors (Lipinski definition) is 2. The highest BCUT2D eigenvalue weighted by molar-refractivity contribution is 5.91. The Morgan fingerprint density at radius 1 is 1.00 bits per heavy atom. The second-order valence-corrected chi connectivity index (χ2v) is 7.36. The van der Waals surface area contributed by atoms with E-state index in [2.05, 4.69) is 22.7 Å². The first-order valence-corrected chi connectivity index (χ1v) is 8.68. The first-order valence-electron chi connectivity index (χ1n) is 8.68. The van der Waals surface area contributed by atoms with Crippen molar-refractivity contribution in [2.45, 2.75) is 44.9 Å². The summed E-state index contributed by atoms with van der Waals surface area (Å²) in [5, 5.41) is 4.55. The average Bonchev–Trinajstić information content (AvgIpc) is 2.52. The summed E-state index contributed by atoms with van der Waals surface area (Å²) in [7, 11) is 0. The van der Waals surface area contributed by atoms with Gasteiger partial charge in [0.25, 0.3) is 0 Å². The summed E-state index contributed by atoms with van der Waals surface area (Å²) in [5.41, 5.74) is 5.34. The molecule has 22 heavy (non-hydrogen) atoms. The van der Waals surface area contributed by atoms with Crippen LogP contribution in [0.1, 0.15) is 44.1 Å². The quantitative estimate of drug-likeness (QED) is 0.848. The monoisotopic (exact) mass is 296 g/mol. The smallest absolute Gasteiger partial charge is 0.240 e. The maximum atomic E-state index is 12.0. The van der Waals surface area contributed by atoms with Crippen molar-refractivity contribution in [2.75, 3.05) is 0 Å². The van der Waals surface area contributed by atoms with Crippen molar-refractivity contribution in [1.82, 2.24) is 5.43 Å². The molecule has 5 rings (SSSR count). The van der Waals surface area contributed by atoms with Crippen LogP contribution in [0.3, 0.4) is 0 Å². The normalized spacial score (nSPS) is 32.1. The molecule has 4 bridgehead atoms. The molecular weight excluding hydrogens is 272 g/mol. The van der Waals surface area contributed by atoms with Crippen molar-refractivity contribution < 1.29 is 4.79 Å². The summed E-state index contributed by atoms with van der Waals surface area (Å²) in [6, 6.07) is 10.2. The van der Waals surface area contributed by atoms with E-state index >= 15 is 0 Å². The lowest BCUT2D eigenvalue weighted by Gasteiger charge is -2.50.